The first-order valence-electron chi connectivity index (χ1n) is 7.82. The fourth-order valence-electron chi connectivity index (χ4n) is 2.83. The second kappa shape index (κ2) is 7.62. The number of nitrogens with one attached hydrogen (secondary N) is 2. The van der Waals surface area contributed by atoms with E-state index in [2.05, 4.69) is 15.7 Å². The molecule has 0 spiro atoms. The maximum absolute atomic E-state index is 12.5. The third kappa shape index (κ3) is 3.57. The van der Waals surface area contributed by atoms with Crippen molar-refractivity contribution in [3.8, 4) is 5.69 Å². The van der Waals surface area contributed by atoms with Crippen molar-refractivity contribution in [1.29, 1.82) is 0 Å². The predicted molar refractivity (Wildman–Crippen MR) is 93.7 cm³/mol. The number of hydrogen-bond donors (Lipinski definition) is 2. The van der Waals surface area contributed by atoms with Gasteiger partial charge in [0.2, 0.25) is 0 Å². The Labute approximate surface area is 142 Å². The fraction of sp³-hybridized carbons (Fsp3) is 0.412. The highest BCUT2D eigenvalue weighted by atomic mass is 35.5. The number of benzene rings is 1. The summed E-state index contributed by atoms with van der Waals surface area (Å²) in [5.41, 5.74) is 3.89. The Bertz CT molecular complexity index is 669. The molecule has 1 atom stereocenters. The number of likely N-dealkylation sites (N-methyl/N-ethyl adjacent to an activating group) is 1. The molecule has 1 amide bonds. The molecular weight excluding hydrogens is 312 g/mol. The second-order valence-electron chi connectivity index (χ2n) is 5.77. The van der Waals surface area contributed by atoms with Crippen molar-refractivity contribution in [2.45, 2.75) is 32.2 Å². The number of carbonyl (C=O) groups excluding carboxylic acids is 1. The number of halogens is 1. The molecule has 1 aliphatic rings. The van der Waals surface area contributed by atoms with E-state index >= 15 is 0 Å². The summed E-state index contributed by atoms with van der Waals surface area (Å²) in [5.74, 6) is -0.0741. The van der Waals surface area contributed by atoms with Crippen LogP contribution < -0.4 is 10.6 Å². The first kappa shape index (κ1) is 17.5. The summed E-state index contributed by atoms with van der Waals surface area (Å²) in [6.07, 6.45) is 3.01. The quantitative estimate of drug-likeness (QED) is 0.880. The number of carbonyl (C=O) groups is 1. The molecule has 0 aliphatic heterocycles. The zero-order valence-electron chi connectivity index (χ0n) is 13.5. The molecule has 0 bridgehead atoms. The van der Waals surface area contributed by atoms with Crippen LogP contribution in [-0.4, -0.2) is 35.3 Å². The highest BCUT2D eigenvalue weighted by Gasteiger charge is 2.26. The molecule has 1 aliphatic carbocycles. The smallest absolute Gasteiger partial charge is 0.272 e. The van der Waals surface area contributed by atoms with Gasteiger partial charge in [-0.2, -0.15) is 5.10 Å². The minimum atomic E-state index is -0.0741. The minimum absolute atomic E-state index is 0. The minimum Gasteiger partial charge on any atom is -0.349 e. The van der Waals surface area contributed by atoms with Gasteiger partial charge in [0.05, 0.1) is 5.69 Å². The lowest BCUT2D eigenvalue weighted by atomic mass is 10.2. The normalized spacial score (nSPS) is 14.0. The maximum atomic E-state index is 12.5. The van der Waals surface area contributed by atoms with Gasteiger partial charge in [-0.05, 0) is 45.4 Å². The summed E-state index contributed by atoms with van der Waals surface area (Å²) in [4.78, 5) is 12.5. The Balaban J connectivity index is 0.00000192. The van der Waals surface area contributed by atoms with E-state index in [4.69, 9.17) is 0 Å². The highest BCUT2D eigenvalue weighted by molar-refractivity contribution is 5.94. The topological polar surface area (TPSA) is 58.9 Å². The van der Waals surface area contributed by atoms with Gasteiger partial charge in [0.15, 0.2) is 5.69 Å². The van der Waals surface area contributed by atoms with Gasteiger partial charge in [0.1, 0.15) is 0 Å². The van der Waals surface area contributed by atoms with E-state index in [-0.39, 0.29) is 24.4 Å². The molecule has 6 heteroatoms. The zero-order valence-corrected chi connectivity index (χ0v) is 14.3. The molecule has 0 radical (unpaired) electrons. The maximum Gasteiger partial charge on any atom is 0.272 e. The van der Waals surface area contributed by atoms with Gasteiger partial charge < -0.3 is 10.6 Å². The van der Waals surface area contributed by atoms with Crippen LogP contribution >= 0.6 is 12.4 Å². The molecule has 2 N–H and O–H groups in total. The van der Waals surface area contributed by atoms with Crippen LogP contribution in [0.4, 0.5) is 0 Å². The Kier molecular flexibility index (Phi) is 5.80. The van der Waals surface area contributed by atoms with Gasteiger partial charge in [-0.25, -0.2) is 4.68 Å². The zero-order chi connectivity index (χ0) is 15.5. The number of amides is 1. The first-order chi connectivity index (χ1) is 10.7. The summed E-state index contributed by atoms with van der Waals surface area (Å²) in [6, 6.07) is 10.3. The van der Waals surface area contributed by atoms with Crippen molar-refractivity contribution in [2.24, 2.45) is 0 Å². The van der Waals surface area contributed by atoms with Crippen LogP contribution in [0.25, 0.3) is 5.69 Å². The standard InChI is InChI=1S/C17H22N4O.ClH/c1-12(18-2)11-19-17(22)16-14-9-6-10-15(14)21(20-16)13-7-4-3-5-8-13;/h3-5,7-8,12,18H,6,9-11H2,1-2H3,(H,19,22);1H. The summed E-state index contributed by atoms with van der Waals surface area (Å²) >= 11 is 0. The summed E-state index contributed by atoms with van der Waals surface area (Å²) in [5, 5.41) is 10.7. The molecule has 124 valence electrons. The predicted octanol–water partition coefficient (Wildman–Crippen LogP) is 2.12. The van der Waals surface area contributed by atoms with Gasteiger partial charge >= 0.3 is 0 Å². The molecule has 1 aromatic heterocycles. The number of aromatic nitrogens is 2. The van der Waals surface area contributed by atoms with Gasteiger partial charge in [-0.15, -0.1) is 12.4 Å². The number of nitrogens with zero attached hydrogens (tertiary/aromatic N) is 2. The number of hydrogen-bond acceptors (Lipinski definition) is 3. The van der Waals surface area contributed by atoms with E-state index in [9.17, 15) is 4.79 Å². The van der Waals surface area contributed by atoms with E-state index in [1.165, 1.54) is 5.69 Å². The van der Waals surface area contributed by atoms with Crippen LogP contribution in [-0.2, 0) is 12.8 Å². The van der Waals surface area contributed by atoms with Crippen LogP contribution in [0, 0.1) is 0 Å². The highest BCUT2D eigenvalue weighted by Crippen LogP contribution is 2.27. The van der Waals surface area contributed by atoms with E-state index in [0.29, 0.717) is 12.2 Å². The average molecular weight is 335 g/mol. The molecule has 1 unspecified atom stereocenters. The molecule has 1 aromatic carbocycles. The van der Waals surface area contributed by atoms with E-state index in [1.807, 2.05) is 49.0 Å². The van der Waals surface area contributed by atoms with Crippen molar-refractivity contribution in [1.82, 2.24) is 20.4 Å². The fourth-order valence-corrected chi connectivity index (χ4v) is 2.83. The second-order valence-corrected chi connectivity index (χ2v) is 5.77. The van der Waals surface area contributed by atoms with Crippen LogP contribution in [0.1, 0.15) is 35.1 Å². The Hall–Kier alpha value is -1.85. The van der Waals surface area contributed by atoms with E-state index < -0.39 is 0 Å². The molecule has 0 saturated heterocycles. The third-order valence-corrected chi connectivity index (χ3v) is 4.21. The number of fused-ring (bicyclic) bond motifs is 1. The number of rotatable bonds is 5. The van der Waals surface area contributed by atoms with Gasteiger partial charge in [0.25, 0.3) is 5.91 Å². The molecule has 5 nitrogen and oxygen atoms in total. The van der Waals surface area contributed by atoms with Gasteiger partial charge in [0, 0.05) is 23.8 Å². The molecule has 23 heavy (non-hydrogen) atoms. The van der Waals surface area contributed by atoms with E-state index in [1.54, 1.807) is 0 Å². The molecule has 3 rings (SSSR count). The van der Waals surface area contributed by atoms with E-state index in [0.717, 1.165) is 30.5 Å². The van der Waals surface area contributed by atoms with Gasteiger partial charge in [-0.3, -0.25) is 4.79 Å². The Morgan fingerprint density at radius 2 is 2.04 bits per heavy atom. The lowest BCUT2D eigenvalue weighted by molar-refractivity contribution is 0.0944. The van der Waals surface area contributed by atoms with Crippen LogP contribution in [0.3, 0.4) is 0 Å². The largest absolute Gasteiger partial charge is 0.349 e. The van der Waals surface area contributed by atoms with Crippen LogP contribution in [0.15, 0.2) is 30.3 Å². The first-order valence-corrected chi connectivity index (χ1v) is 7.82. The molecule has 2 aromatic rings. The monoisotopic (exact) mass is 334 g/mol. The Morgan fingerprint density at radius 1 is 1.30 bits per heavy atom. The summed E-state index contributed by atoms with van der Waals surface area (Å²) < 4.78 is 1.93. The van der Waals surface area contributed by atoms with Crippen molar-refractivity contribution >= 4 is 18.3 Å². The summed E-state index contributed by atoms with van der Waals surface area (Å²) in [7, 11) is 1.89. The van der Waals surface area contributed by atoms with Crippen LogP contribution in [0.5, 0.6) is 0 Å². The number of para-hydroxylation sites is 1. The lowest BCUT2D eigenvalue weighted by Gasteiger charge is -2.10. The van der Waals surface area contributed by atoms with Crippen LogP contribution in [0.2, 0.25) is 0 Å². The van der Waals surface area contributed by atoms with Gasteiger partial charge in [-0.1, -0.05) is 18.2 Å². The molecular formula is C17H23ClN4O. The lowest BCUT2D eigenvalue weighted by Crippen LogP contribution is -2.37. The molecule has 0 fully saturated rings. The third-order valence-electron chi connectivity index (χ3n) is 4.21. The molecule has 1 heterocycles. The summed E-state index contributed by atoms with van der Waals surface area (Å²) in [6.45, 7) is 2.63. The average Bonchev–Trinajstić information content (AvgIpc) is 3.15. The Morgan fingerprint density at radius 3 is 2.74 bits per heavy atom. The van der Waals surface area contributed by atoms with Crippen molar-refractivity contribution in [3.63, 3.8) is 0 Å². The molecule has 0 saturated carbocycles. The van der Waals surface area contributed by atoms with Crippen molar-refractivity contribution in [3.05, 3.63) is 47.3 Å². The van der Waals surface area contributed by atoms with Crippen molar-refractivity contribution < 1.29 is 4.79 Å². The SMILES string of the molecule is CNC(C)CNC(=O)c1nn(-c2ccccc2)c2c1CCC2.Cl. The van der Waals surface area contributed by atoms with Crippen molar-refractivity contribution in [2.75, 3.05) is 13.6 Å².